The number of carbonyl (C=O) groups excluding carboxylic acids is 2. The normalized spacial score (nSPS) is 14.2. The summed E-state index contributed by atoms with van der Waals surface area (Å²) in [6.45, 7) is 15.7. The van der Waals surface area contributed by atoms with E-state index in [9.17, 15) is 9.59 Å². The van der Waals surface area contributed by atoms with E-state index in [2.05, 4.69) is 56.8 Å². The number of aryl methyl sites for hydroxylation is 2. The lowest BCUT2D eigenvalue weighted by atomic mass is 9.91. The third-order valence-electron chi connectivity index (χ3n) is 5.77. The van der Waals surface area contributed by atoms with Gasteiger partial charge in [-0.2, -0.15) is 0 Å². The molecule has 1 aliphatic carbocycles. The molecule has 0 heterocycles. The van der Waals surface area contributed by atoms with Gasteiger partial charge in [-0.25, -0.2) is 0 Å². The van der Waals surface area contributed by atoms with Gasteiger partial charge in [-0.3, -0.25) is 9.59 Å². The Balaban J connectivity index is 0.00000145. The quantitative estimate of drug-likeness (QED) is 0.150. The van der Waals surface area contributed by atoms with Crippen LogP contribution in [0.4, 0.5) is 0 Å². The van der Waals surface area contributed by atoms with Crippen LogP contribution >= 0.6 is 0 Å². The Labute approximate surface area is 213 Å². The van der Waals surface area contributed by atoms with Crippen molar-refractivity contribution in [2.24, 2.45) is 0 Å². The van der Waals surface area contributed by atoms with Crippen molar-refractivity contribution in [1.29, 1.82) is 0 Å². The van der Waals surface area contributed by atoms with E-state index >= 15 is 0 Å². The highest BCUT2D eigenvalue weighted by Gasteiger charge is 2.23. The predicted molar refractivity (Wildman–Crippen MR) is 151 cm³/mol. The van der Waals surface area contributed by atoms with Crippen LogP contribution in [0.2, 0.25) is 0 Å². The Morgan fingerprint density at radius 1 is 0.943 bits per heavy atom. The van der Waals surface area contributed by atoms with Gasteiger partial charge in [0.25, 0.3) is 0 Å². The van der Waals surface area contributed by atoms with E-state index in [-0.39, 0.29) is 17.5 Å². The van der Waals surface area contributed by atoms with Gasteiger partial charge in [0, 0.05) is 23.5 Å². The maximum Gasteiger partial charge on any atom is 0.192 e. The summed E-state index contributed by atoms with van der Waals surface area (Å²) in [6, 6.07) is 16.4. The van der Waals surface area contributed by atoms with Crippen molar-refractivity contribution >= 4 is 11.6 Å². The van der Waals surface area contributed by atoms with E-state index in [1.165, 1.54) is 11.1 Å². The van der Waals surface area contributed by atoms with Crippen LogP contribution < -0.4 is 0 Å². The number of benzene rings is 2. The molecule has 1 unspecified atom stereocenters. The van der Waals surface area contributed by atoms with Gasteiger partial charge in [-0.05, 0) is 56.4 Å². The smallest absolute Gasteiger partial charge is 0.192 e. The van der Waals surface area contributed by atoms with Crippen molar-refractivity contribution in [3.8, 4) is 0 Å². The van der Waals surface area contributed by atoms with Crippen LogP contribution in [0.25, 0.3) is 0 Å². The molecular formula is C33H42O2. The molecule has 0 bridgehead atoms. The molecule has 0 aliphatic heterocycles. The van der Waals surface area contributed by atoms with Gasteiger partial charge >= 0.3 is 0 Å². The molecule has 0 aromatic heterocycles. The average molecular weight is 471 g/mol. The van der Waals surface area contributed by atoms with Gasteiger partial charge in [0.05, 0.1) is 0 Å². The van der Waals surface area contributed by atoms with Crippen molar-refractivity contribution < 1.29 is 9.59 Å². The Kier molecular flexibility index (Phi) is 13.9. The van der Waals surface area contributed by atoms with E-state index in [0.29, 0.717) is 6.42 Å². The number of ketones is 2. The molecule has 1 aliphatic rings. The van der Waals surface area contributed by atoms with Crippen LogP contribution in [-0.2, 0) is 11.2 Å². The lowest BCUT2D eigenvalue weighted by Crippen LogP contribution is -2.05. The summed E-state index contributed by atoms with van der Waals surface area (Å²) in [7, 11) is 0. The van der Waals surface area contributed by atoms with Crippen molar-refractivity contribution in [2.45, 2.75) is 73.1 Å². The zero-order valence-electron chi connectivity index (χ0n) is 22.4. The highest BCUT2D eigenvalue weighted by Crippen LogP contribution is 2.35. The minimum absolute atomic E-state index is 0.0787. The first-order chi connectivity index (χ1) is 17.0. The fourth-order valence-electron chi connectivity index (χ4n) is 3.94. The molecule has 0 saturated heterocycles. The summed E-state index contributed by atoms with van der Waals surface area (Å²) >= 11 is 0. The van der Waals surface area contributed by atoms with Crippen LogP contribution in [0.3, 0.4) is 0 Å². The van der Waals surface area contributed by atoms with Crippen molar-refractivity contribution in [1.82, 2.24) is 0 Å². The van der Waals surface area contributed by atoms with Crippen molar-refractivity contribution in [2.75, 3.05) is 0 Å². The Morgan fingerprint density at radius 2 is 1.63 bits per heavy atom. The van der Waals surface area contributed by atoms with E-state index in [0.717, 1.165) is 41.5 Å². The molecule has 186 valence electrons. The predicted octanol–water partition coefficient (Wildman–Crippen LogP) is 8.92. The standard InChI is InChI=1S/C29H30O2.2C2H6/c1-4-5-12-26(30)13-7-6-9-23-10-8-11-25(20-23)29(31)28-19-18-27(22(28)3)24-16-14-21(2)15-17-24;2*1-2/h4-5,8,10-12,14-20,27H,1,6-7,9,13H2,2-3H3;2*1-2H3/b12-5-;;. The summed E-state index contributed by atoms with van der Waals surface area (Å²) in [6.07, 6.45) is 12.1. The first-order valence-corrected chi connectivity index (χ1v) is 12.9. The number of hydrogen-bond donors (Lipinski definition) is 0. The summed E-state index contributed by atoms with van der Waals surface area (Å²) in [5, 5.41) is 0. The van der Waals surface area contributed by atoms with Crippen molar-refractivity contribution in [3.63, 3.8) is 0 Å². The van der Waals surface area contributed by atoms with Crippen LogP contribution in [0.1, 0.15) is 86.8 Å². The molecule has 0 fully saturated rings. The Bertz CT molecular complexity index is 1050. The van der Waals surface area contributed by atoms with Gasteiger partial charge in [0.15, 0.2) is 11.6 Å². The van der Waals surface area contributed by atoms with E-state index < -0.39 is 0 Å². The second kappa shape index (κ2) is 16.4. The van der Waals surface area contributed by atoms with Crippen LogP contribution in [0.15, 0.2) is 96.6 Å². The lowest BCUT2D eigenvalue weighted by molar-refractivity contribution is -0.114. The molecular weight excluding hydrogens is 428 g/mol. The van der Waals surface area contributed by atoms with E-state index in [4.69, 9.17) is 0 Å². The largest absolute Gasteiger partial charge is 0.295 e. The molecule has 0 amide bonds. The maximum absolute atomic E-state index is 13.2. The van der Waals surface area contributed by atoms with Gasteiger partial charge in [-0.15, -0.1) is 0 Å². The summed E-state index contributed by atoms with van der Waals surface area (Å²) < 4.78 is 0. The zero-order chi connectivity index (χ0) is 26.2. The first kappa shape index (κ1) is 29.8. The first-order valence-electron chi connectivity index (χ1n) is 12.9. The topological polar surface area (TPSA) is 34.1 Å². The zero-order valence-corrected chi connectivity index (χ0v) is 22.4. The second-order valence-electron chi connectivity index (χ2n) is 8.14. The van der Waals surface area contributed by atoms with Gasteiger partial charge in [-0.1, -0.05) is 112 Å². The monoisotopic (exact) mass is 470 g/mol. The minimum atomic E-state index is 0.0787. The third-order valence-corrected chi connectivity index (χ3v) is 5.77. The molecule has 0 spiro atoms. The van der Waals surface area contributed by atoms with Crippen LogP contribution in [0, 0.1) is 6.92 Å². The third kappa shape index (κ3) is 9.13. The average Bonchev–Trinajstić information content (AvgIpc) is 3.29. The number of allylic oxidation sites excluding steroid dienone is 7. The fraction of sp³-hybridized carbons (Fsp3) is 0.333. The summed E-state index contributed by atoms with van der Waals surface area (Å²) in [5.41, 5.74) is 6.21. The molecule has 3 rings (SSSR count). The second-order valence-corrected chi connectivity index (χ2v) is 8.14. The summed E-state index contributed by atoms with van der Waals surface area (Å²) in [4.78, 5) is 24.9. The number of unbranched alkanes of at least 4 members (excludes halogenated alkanes) is 1. The maximum atomic E-state index is 13.2. The molecule has 2 aromatic carbocycles. The molecule has 1 atom stereocenters. The van der Waals surface area contributed by atoms with Crippen LogP contribution in [-0.4, -0.2) is 11.6 Å². The Hall–Kier alpha value is -3.26. The lowest BCUT2D eigenvalue weighted by Gasteiger charge is -2.12. The molecule has 0 radical (unpaired) electrons. The molecule has 2 nitrogen and oxygen atoms in total. The minimum Gasteiger partial charge on any atom is -0.295 e. The SMILES string of the molecule is C=C/C=C\C(=O)CCCCc1cccc(C(=O)C2=C(C)C(c3ccc(C)cc3)C=C2)c1.CC.CC. The number of carbonyl (C=O) groups is 2. The van der Waals surface area contributed by atoms with Crippen molar-refractivity contribution in [3.05, 3.63) is 119 Å². The summed E-state index contributed by atoms with van der Waals surface area (Å²) in [5.74, 6) is 0.368. The number of rotatable bonds is 10. The number of Topliss-reactive ketones (excluding diaryl/α,β-unsaturated/α-hetero) is 1. The number of hydrogen-bond acceptors (Lipinski definition) is 2. The molecule has 2 heteroatoms. The van der Waals surface area contributed by atoms with Gasteiger partial charge in [0.2, 0.25) is 0 Å². The molecule has 35 heavy (non-hydrogen) atoms. The Morgan fingerprint density at radius 3 is 2.29 bits per heavy atom. The molecule has 2 aromatic rings. The van der Waals surface area contributed by atoms with Gasteiger partial charge in [0.1, 0.15) is 0 Å². The van der Waals surface area contributed by atoms with Crippen LogP contribution in [0.5, 0.6) is 0 Å². The molecule has 0 N–H and O–H groups in total. The molecule has 0 saturated carbocycles. The highest BCUT2D eigenvalue weighted by atomic mass is 16.1. The van der Waals surface area contributed by atoms with Gasteiger partial charge < -0.3 is 0 Å². The van der Waals surface area contributed by atoms with E-state index in [1.807, 2.05) is 52.0 Å². The fourth-order valence-corrected chi connectivity index (χ4v) is 3.94. The van der Waals surface area contributed by atoms with E-state index in [1.54, 1.807) is 18.2 Å². The highest BCUT2D eigenvalue weighted by molar-refractivity contribution is 6.11.